The number of nitrogens with zero attached hydrogens (tertiary/aromatic N) is 2. The Bertz CT molecular complexity index is 749. The lowest BCUT2D eigenvalue weighted by molar-refractivity contribution is -0.120. The molecule has 0 atom stereocenters. The van der Waals surface area contributed by atoms with Crippen molar-refractivity contribution in [1.29, 1.82) is 0 Å². The molecule has 2 heterocycles. The monoisotopic (exact) mass is 332 g/mol. The van der Waals surface area contributed by atoms with Gasteiger partial charge in [-0.25, -0.2) is 4.98 Å². The van der Waals surface area contributed by atoms with E-state index in [9.17, 15) is 4.79 Å². The van der Waals surface area contributed by atoms with Gasteiger partial charge in [0.1, 0.15) is 18.0 Å². The van der Waals surface area contributed by atoms with Crippen molar-refractivity contribution >= 4 is 23.2 Å². The SMILES string of the molecule is Cc1cnc2c(c1)N(C(=O)COc1ccc(Cl)c(C)c1)CCO2. The predicted octanol–water partition coefficient (Wildman–Crippen LogP) is 3.16. The number of carbonyl (C=O) groups excluding carboxylic acids is 1. The second kappa shape index (κ2) is 6.46. The Morgan fingerprint density at radius 2 is 2.22 bits per heavy atom. The van der Waals surface area contributed by atoms with Gasteiger partial charge in [0.15, 0.2) is 6.61 Å². The van der Waals surface area contributed by atoms with E-state index in [4.69, 9.17) is 21.1 Å². The minimum absolute atomic E-state index is 0.0472. The summed E-state index contributed by atoms with van der Waals surface area (Å²) in [6.45, 7) is 4.69. The zero-order valence-electron chi connectivity index (χ0n) is 13.0. The third kappa shape index (κ3) is 3.40. The molecule has 0 radical (unpaired) electrons. The van der Waals surface area contributed by atoms with Crippen LogP contribution in [-0.4, -0.2) is 30.6 Å². The zero-order valence-corrected chi connectivity index (χ0v) is 13.8. The van der Waals surface area contributed by atoms with Crippen LogP contribution in [-0.2, 0) is 4.79 Å². The van der Waals surface area contributed by atoms with Crippen LogP contribution in [0.3, 0.4) is 0 Å². The molecule has 120 valence electrons. The van der Waals surface area contributed by atoms with Crippen molar-refractivity contribution in [3.63, 3.8) is 0 Å². The molecule has 1 aliphatic heterocycles. The number of ether oxygens (including phenoxy) is 2. The molecule has 23 heavy (non-hydrogen) atoms. The van der Waals surface area contributed by atoms with Crippen molar-refractivity contribution in [3.8, 4) is 11.6 Å². The smallest absolute Gasteiger partial charge is 0.265 e. The number of aryl methyl sites for hydroxylation is 2. The topological polar surface area (TPSA) is 51.7 Å². The van der Waals surface area contributed by atoms with Crippen LogP contribution in [0.2, 0.25) is 5.02 Å². The molecule has 0 spiro atoms. The Hall–Kier alpha value is -2.27. The number of anilines is 1. The lowest BCUT2D eigenvalue weighted by atomic mass is 10.2. The molecule has 0 aliphatic carbocycles. The summed E-state index contributed by atoms with van der Waals surface area (Å²) in [5, 5.41) is 0.673. The summed E-state index contributed by atoms with van der Waals surface area (Å²) in [4.78, 5) is 18.4. The summed E-state index contributed by atoms with van der Waals surface area (Å²) in [5.74, 6) is 0.975. The second-order valence-electron chi connectivity index (χ2n) is 5.43. The fourth-order valence-corrected chi connectivity index (χ4v) is 2.51. The van der Waals surface area contributed by atoms with Crippen molar-refractivity contribution in [2.45, 2.75) is 13.8 Å². The van der Waals surface area contributed by atoms with Gasteiger partial charge in [-0.05, 0) is 49.2 Å². The molecule has 0 saturated carbocycles. The highest BCUT2D eigenvalue weighted by atomic mass is 35.5. The minimum atomic E-state index is -0.130. The van der Waals surface area contributed by atoms with E-state index in [0.717, 1.165) is 11.1 Å². The molecule has 1 aromatic heterocycles. The summed E-state index contributed by atoms with van der Waals surface area (Å²) in [6, 6.07) is 7.22. The molecule has 2 aromatic rings. The summed E-state index contributed by atoms with van der Waals surface area (Å²) < 4.78 is 11.1. The number of pyridine rings is 1. The van der Waals surface area contributed by atoms with Crippen LogP contribution in [0.1, 0.15) is 11.1 Å². The fraction of sp³-hybridized carbons (Fsp3) is 0.294. The molecule has 1 aliphatic rings. The molecule has 0 N–H and O–H groups in total. The first-order chi connectivity index (χ1) is 11.0. The summed E-state index contributed by atoms with van der Waals surface area (Å²) >= 11 is 5.98. The van der Waals surface area contributed by atoms with E-state index in [1.54, 1.807) is 23.2 Å². The van der Waals surface area contributed by atoms with Gasteiger partial charge in [0.05, 0.1) is 6.54 Å². The lowest BCUT2D eigenvalue weighted by Crippen LogP contribution is -2.41. The normalized spacial score (nSPS) is 13.3. The van der Waals surface area contributed by atoms with E-state index in [-0.39, 0.29) is 12.5 Å². The van der Waals surface area contributed by atoms with Crippen LogP contribution in [0.25, 0.3) is 0 Å². The van der Waals surface area contributed by atoms with E-state index < -0.39 is 0 Å². The zero-order chi connectivity index (χ0) is 16.4. The van der Waals surface area contributed by atoms with Crippen molar-refractivity contribution in [3.05, 3.63) is 46.6 Å². The third-order valence-electron chi connectivity index (χ3n) is 3.61. The number of hydrogen-bond donors (Lipinski definition) is 0. The van der Waals surface area contributed by atoms with Gasteiger partial charge < -0.3 is 14.4 Å². The van der Waals surface area contributed by atoms with Gasteiger partial charge in [-0.2, -0.15) is 0 Å². The molecular formula is C17H17ClN2O3. The van der Waals surface area contributed by atoms with Crippen molar-refractivity contribution in [1.82, 2.24) is 4.98 Å². The lowest BCUT2D eigenvalue weighted by Gasteiger charge is -2.28. The number of fused-ring (bicyclic) bond motifs is 1. The van der Waals surface area contributed by atoms with Crippen LogP contribution < -0.4 is 14.4 Å². The first-order valence-electron chi connectivity index (χ1n) is 7.33. The van der Waals surface area contributed by atoms with Crippen molar-refractivity contribution in [2.75, 3.05) is 24.7 Å². The van der Waals surface area contributed by atoms with Gasteiger partial charge in [-0.1, -0.05) is 11.6 Å². The predicted molar refractivity (Wildman–Crippen MR) is 88.5 cm³/mol. The van der Waals surface area contributed by atoms with Gasteiger partial charge in [0, 0.05) is 11.2 Å². The van der Waals surface area contributed by atoms with Gasteiger partial charge in [-0.3, -0.25) is 4.79 Å². The van der Waals surface area contributed by atoms with Gasteiger partial charge >= 0.3 is 0 Å². The Morgan fingerprint density at radius 1 is 1.39 bits per heavy atom. The van der Waals surface area contributed by atoms with Crippen LogP contribution in [0.15, 0.2) is 30.5 Å². The van der Waals surface area contributed by atoms with Crippen LogP contribution in [0.4, 0.5) is 5.69 Å². The quantitative estimate of drug-likeness (QED) is 0.866. The molecule has 0 unspecified atom stereocenters. The number of carbonyl (C=O) groups is 1. The maximum atomic E-state index is 12.5. The van der Waals surface area contributed by atoms with E-state index in [2.05, 4.69) is 4.98 Å². The first-order valence-corrected chi connectivity index (χ1v) is 7.71. The van der Waals surface area contributed by atoms with E-state index in [1.807, 2.05) is 26.0 Å². The van der Waals surface area contributed by atoms with Gasteiger partial charge in [-0.15, -0.1) is 0 Å². The molecule has 3 rings (SSSR count). The minimum Gasteiger partial charge on any atom is -0.484 e. The Kier molecular flexibility index (Phi) is 4.39. The summed E-state index contributed by atoms with van der Waals surface area (Å²) in [5.41, 5.74) is 2.58. The summed E-state index contributed by atoms with van der Waals surface area (Å²) in [6.07, 6.45) is 1.72. The standard InChI is InChI=1S/C17H17ClN2O3/c1-11-7-15-17(19-9-11)22-6-5-20(15)16(21)10-23-13-3-4-14(18)12(2)8-13/h3-4,7-9H,5-6,10H2,1-2H3. The molecule has 1 amide bonds. The highest BCUT2D eigenvalue weighted by Gasteiger charge is 2.25. The molecular weight excluding hydrogens is 316 g/mol. The average Bonchev–Trinajstić information content (AvgIpc) is 2.55. The van der Waals surface area contributed by atoms with Crippen molar-refractivity contribution < 1.29 is 14.3 Å². The van der Waals surface area contributed by atoms with E-state index >= 15 is 0 Å². The fourth-order valence-electron chi connectivity index (χ4n) is 2.39. The molecule has 0 saturated heterocycles. The average molecular weight is 333 g/mol. The number of hydrogen-bond acceptors (Lipinski definition) is 4. The number of amides is 1. The number of aromatic nitrogens is 1. The molecule has 5 nitrogen and oxygen atoms in total. The van der Waals surface area contributed by atoms with Gasteiger partial charge in [0.25, 0.3) is 5.91 Å². The largest absolute Gasteiger partial charge is 0.484 e. The Morgan fingerprint density at radius 3 is 3.00 bits per heavy atom. The maximum Gasteiger partial charge on any atom is 0.265 e. The van der Waals surface area contributed by atoms with E-state index in [1.165, 1.54) is 0 Å². The number of halogens is 1. The van der Waals surface area contributed by atoms with Gasteiger partial charge in [0.2, 0.25) is 5.88 Å². The maximum absolute atomic E-state index is 12.5. The Labute approximate surface area is 139 Å². The molecule has 6 heteroatoms. The third-order valence-corrected chi connectivity index (χ3v) is 4.03. The number of rotatable bonds is 3. The molecule has 0 fully saturated rings. The van der Waals surface area contributed by atoms with Crippen LogP contribution in [0, 0.1) is 13.8 Å². The Balaban J connectivity index is 1.72. The highest BCUT2D eigenvalue weighted by molar-refractivity contribution is 6.31. The molecule has 0 bridgehead atoms. The van der Waals surface area contributed by atoms with Crippen molar-refractivity contribution in [2.24, 2.45) is 0 Å². The number of benzene rings is 1. The second-order valence-corrected chi connectivity index (χ2v) is 5.84. The van der Waals surface area contributed by atoms with Crippen LogP contribution >= 0.6 is 11.6 Å². The first kappa shape index (κ1) is 15.6. The summed E-state index contributed by atoms with van der Waals surface area (Å²) in [7, 11) is 0. The highest BCUT2D eigenvalue weighted by Crippen LogP contribution is 2.30. The van der Waals surface area contributed by atoms with Crippen LogP contribution in [0.5, 0.6) is 11.6 Å². The molecule has 1 aromatic carbocycles. The van der Waals surface area contributed by atoms with E-state index in [0.29, 0.717) is 35.5 Å².